The fourth-order valence-corrected chi connectivity index (χ4v) is 2.22. The van der Waals surface area contributed by atoms with Crippen LogP contribution in [0.3, 0.4) is 0 Å². The smallest absolute Gasteiger partial charge is 0.135 e. The summed E-state index contributed by atoms with van der Waals surface area (Å²) in [6, 6.07) is 7.89. The fourth-order valence-electron chi connectivity index (χ4n) is 1.65. The van der Waals surface area contributed by atoms with Crippen molar-refractivity contribution >= 4 is 27.5 Å². The van der Waals surface area contributed by atoms with Gasteiger partial charge in [-0.2, -0.15) is 0 Å². The summed E-state index contributed by atoms with van der Waals surface area (Å²) in [5, 5.41) is 0.754. The van der Waals surface area contributed by atoms with E-state index in [1.807, 2.05) is 31.2 Å². The molecule has 2 aromatic rings. The predicted molar refractivity (Wildman–Crippen MR) is 83.6 cm³/mol. The van der Waals surface area contributed by atoms with Crippen molar-refractivity contribution in [3.8, 4) is 11.3 Å². The van der Waals surface area contributed by atoms with E-state index in [4.69, 9.17) is 11.6 Å². The molecule has 2 rings (SSSR count). The van der Waals surface area contributed by atoms with Gasteiger partial charge in [-0.25, -0.2) is 9.97 Å². The van der Waals surface area contributed by atoms with Gasteiger partial charge in [0.15, 0.2) is 0 Å². The largest absolute Gasteiger partial charge is 0.232 e. The van der Waals surface area contributed by atoms with Gasteiger partial charge in [0.1, 0.15) is 10.4 Å². The van der Waals surface area contributed by atoms with Crippen molar-refractivity contribution in [1.29, 1.82) is 0 Å². The summed E-state index contributed by atoms with van der Waals surface area (Å²) < 4.78 is 0.791. The van der Waals surface area contributed by atoms with Crippen LogP contribution in [0.5, 0.6) is 0 Å². The number of aromatic nitrogens is 2. The maximum absolute atomic E-state index is 6.18. The standard InChI is InChI=1S/C15H16BrClN2/c1-9-5-6-10(7-11(9)17)12-8-13(16)19-14(18-12)15(2,3)4/h5-8H,1-4H3. The number of hydrogen-bond donors (Lipinski definition) is 0. The number of rotatable bonds is 1. The highest BCUT2D eigenvalue weighted by molar-refractivity contribution is 9.10. The van der Waals surface area contributed by atoms with Crippen molar-refractivity contribution in [3.05, 3.63) is 45.3 Å². The molecule has 0 amide bonds. The van der Waals surface area contributed by atoms with Crippen LogP contribution in [0.4, 0.5) is 0 Å². The van der Waals surface area contributed by atoms with E-state index in [-0.39, 0.29) is 5.41 Å². The zero-order valence-electron chi connectivity index (χ0n) is 11.5. The van der Waals surface area contributed by atoms with Gasteiger partial charge >= 0.3 is 0 Å². The molecule has 0 fully saturated rings. The molecule has 4 heteroatoms. The van der Waals surface area contributed by atoms with E-state index in [1.165, 1.54) is 0 Å². The van der Waals surface area contributed by atoms with Gasteiger partial charge in [-0.3, -0.25) is 0 Å². The van der Waals surface area contributed by atoms with Gasteiger partial charge in [0.05, 0.1) is 5.69 Å². The molecule has 1 heterocycles. The van der Waals surface area contributed by atoms with E-state index < -0.39 is 0 Å². The minimum absolute atomic E-state index is 0.0903. The molecule has 100 valence electrons. The molecule has 0 aliphatic carbocycles. The maximum atomic E-state index is 6.18. The van der Waals surface area contributed by atoms with Gasteiger partial charge in [-0.05, 0) is 40.5 Å². The van der Waals surface area contributed by atoms with Crippen LogP contribution in [0, 0.1) is 6.92 Å². The van der Waals surface area contributed by atoms with Gasteiger partial charge in [0.2, 0.25) is 0 Å². The lowest BCUT2D eigenvalue weighted by molar-refractivity contribution is 0.544. The zero-order chi connectivity index (χ0) is 14.2. The Labute approximate surface area is 127 Å². The molecular weight excluding hydrogens is 324 g/mol. The molecule has 0 bridgehead atoms. The first-order valence-electron chi connectivity index (χ1n) is 6.09. The van der Waals surface area contributed by atoms with Crippen LogP contribution in [0.25, 0.3) is 11.3 Å². The lowest BCUT2D eigenvalue weighted by Gasteiger charge is -2.17. The van der Waals surface area contributed by atoms with E-state index in [2.05, 4.69) is 46.7 Å². The first-order chi connectivity index (χ1) is 8.77. The molecule has 0 saturated heterocycles. The second kappa shape index (κ2) is 5.22. The first-order valence-corrected chi connectivity index (χ1v) is 7.26. The number of benzene rings is 1. The van der Waals surface area contributed by atoms with Gasteiger partial charge in [-0.1, -0.05) is 44.5 Å². The van der Waals surface area contributed by atoms with Crippen LogP contribution >= 0.6 is 27.5 Å². The summed E-state index contributed by atoms with van der Waals surface area (Å²) in [5.41, 5.74) is 2.86. The SMILES string of the molecule is Cc1ccc(-c2cc(Br)nc(C(C)(C)C)n2)cc1Cl. The molecular formula is C15H16BrClN2. The van der Waals surface area contributed by atoms with Crippen LogP contribution in [0.1, 0.15) is 32.2 Å². The predicted octanol–water partition coefficient (Wildman–Crippen LogP) is 5.17. The zero-order valence-corrected chi connectivity index (χ0v) is 13.8. The minimum Gasteiger partial charge on any atom is -0.232 e. The Morgan fingerprint density at radius 1 is 1.11 bits per heavy atom. The average molecular weight is 340 g/mol. The van der Waals surface area contributed by atoms with E-state index in [0.29, 0.717) is 0 Å². The van der Waals surface area contributed by atoms with Crippen molar-refractivity contribution in [2.45, 2.75) is 33.1 Å². The Morgan fingerprint density at radius 2 is 1.79 bits per heavy atom. The highest BCUT2D eigenvalue weighted by Gasteiger charge is 2.19. The number of nitrogens with zero attached hydrogens (tertiary/aromatic N) is 2. The summed E-state index contributed by atoms with van der Waals surface area (Å²) in [6.07, 6.45) is 0. The third-order valence-electron chi connectivity index (χ3n) is 2.83. The Morgan fingerprint density at radius 3 is 2.37 bits per heavy atom. The van der Waals surface area contributed by atoms with Crippen molar-refractivity contribution in [3.63, 3.8) is 0 Å². The van der Waals surface area contributed by atoms with Crippen molar-refractivity contribution in [1.82, 2.24) is 9.97 Å². The number of halogens is 2. The Kier molecular flexibility index (Phi) is 3.98. The highest BCUT2D eigenvalue weighted by Crippen LogP contribution is 2.28. The fraction of sp³-hybridized carbons (Fsp3) is 0.333. The summed E-state index contributed by atoms with van der Waals surface area (Å²) in [5.74, 6) is 0.813. The molecule has 0 atom stereocenters. The van der Waals surface area contributed by atoms with Crippen LogP contribution in [0.2, 0.25) is 5.02 Å². The first kappa shape index (κ1) is 14.5. The average Bonchev–Trinajstić information content (AvgIpc) is 2.31. The third-order valence-corrected chi connectivity index (χ3v) is 3.65. The minimum atomic E-state index is -0.0903. The normalized spacial score (nSPS) is 11.7. The Hall–Kier alpha value is -0.930. The van der Waals surface area contributed by atoms with Crippen LogP contribution in [-0.2, 0) is 5.41 Å². The van der Waals surface area contributed by atoms with Crippen LogP contribution in [0.15, 0.2) is 28.9 Å². The van der Waals surface area contributed by atoms with Crippen molar-refractivity contribution in [2.75, 3.05) is 0 Å². The molecule has 0 saturated carbocycles. The summed E-state index contributed by atoms with van der Waals surface area (Å²) in [4.78, 5) is 9.09. The van der Waals surface area contributed by atoms with Gasteiger partial charge in [0.25, 0.3) is 0 Å². The molecule has 1 aromatic carbocycles. The quantitative estimate of drug-likeness (QED) is 0.670. The summed E-state index contributed by atoms with van der Waals surface area (Å²) in [6.45, 7) is 8.28. The van der Waals surface area contributed by atoms with E-state index in [9.17, 15) is 0 Å². The van der Waals surface area contributed by atoms with Crippen molar-refractivity contribution in [2.24, 2.45) is 0 Å². The molecule has 0 spiro atoms. The number of hydrogen-bond acceptors (Lipinski definition) is 2. The highest BCUT2D eigenvalue weighted by atomic mass is 79.9. The van der Waals surface area contributed by atoms with E-state index in [0.717, 1.165) is 32.3 Å². The van der Waals surface area contributed by atoms with Gasteiger partial charge < -0.3 is 0 Å². The molecule has 0 radical (unpaired) electrons. The van der Waals surface area contributed by atoms with Gasteiger partial charge in [0, 0.05) is 16.0 Å². The topological polar surface area (TPSA) is 25.8 Å². The number of aryl methyl sites for hydroxylation is 1. The molecule has 1 aromatic heterocycles. The maximum Gasteiger partial charge on any atom is 0.135 e. The van der Waals surface area contributed by atoms with E-state index >= 15 is 0 Å². The molecule has 0 aliphatic rings. The molecule has 0 N–H and O–H groups in total. The Bertz CT molecular complexity index is 618. The lowest BCUT2D eigenvalue weighted by atomic mass is 9.95. The van der Waals surface area contributed by atoms with Crippen LogP contribution in [-0.4, -0.2) is 9.97 Å². The molecule has 19 heavy (non-hydrogen) atoms. The third kappa shape index (κ3) is 3.34. The van der Waals surface area contributed by atoms with Crippen LogP contribution < -0.4 is 0 Å². The van der Waals surface area contributed by atoms with E-state index in [1.54, 1.807) is 0 Å². The summed E-state index contributed by atoms with van der Waals surface area (Å²) >= 11 is 9.63. The Balaban J connectivity index is 2.56. The second-order valence-corrected chi connectivity index (χ2v) is 6.83. The lowest BCUT2D eigenvalue weighted by Crippen LogP contribution is -2.16. The second-order valence-electron chi connectivity index (χ2n) is 5.61. The molecule has 0 aliphatic heterocycles. The molecule has 2 nitrogen and oxygen atoms in total. The summed E-state index contributed by atoms with van der Waals surface area (Å²) in [7, 11) is 0. The van der Waals surface area contributed by atoms with Gasteiger partial charge in [-0.15, -0.1) is 0 Å². The monoisotopic (exact) mass is 338 g/mol. The van der Waals surface area contributed by atoms with Crippen molar-refractivity contribution < 1.29 is 0 Å². The molecule has 0 unspecified atom stereocenters.